The lowest BCUT2D eigenvalue weighted by Crippen LogP contribution is -2.42. The Morgan fingerprint density at radius 2 is 2.04 bits per heavy atom. The summed E-state index contributed by atoms with van der Waals surface area (Å²) in [5.41, 5.74) is 1.57. The Morgan fingerprint density at radius 1 is 1.26 bits per heavy atom. The summed E-state index contributed by atoms with van der Waals surface area (Å²) < 4.78 is 5.10. The molecule has 6 heteroatoms. The maximum atomic E-state index is 12.5. The van der Waals surface area contributed by atoms with Crippen LogP contribution >= 0.6 is 0 Å². The summed E-state index contributed by atoms with van der Waals surface area (Å²) in [7, 11) is 0. The van der Waals surface area contributed by atoms with Crippen molar-refractivity contribution in [3.63, 3.8) is 0 Å². The van der Waals surface area contributed by atoms with Gasteiger partial charge in [-0.3, -0.25) is 4.79 Å². The fourth-order valence-corrected chi connectivity index (χ4v) is 3.08. The topological polar surface area (TPSA) is 95.9 Å². The zero-order chi connectivity index (χ0) is 19.8. The third-order valence-electron chi connectivity index (χ3n) is 4.45. The van der Waals surface area contributed by atoms with E-state index in [1.165, 1.54) is 12.1 Å². The van der Waals surface area contributed by atoms with Crippen molar-refractivity contribution in [2.75, 3.05) is 6.61 Å². The van der Waals surface area contributed by atoms with Crippen LogP contribution in [0.2, 0.25) is 0 Å². The highest BCUT2D eigenvalue weighted by Gasteiger charge is 2.24. The van der Waals surface area contributed by atoms with Crippen LogP contribution in [0, 0.1) is 0 Å². The van der Waals surface area contributed by atoms with E-state index in [0.29, 0.717) is 12.0 Å². The quantitative estimate of drug-likeness (QED) is 0.608. The van der Waals surface area contributed by atoms with E-state index in [2.05, 4.69) is 17.5 Å². The predicted molar refractivity (Wildman–Crippen MR) is 102 cm³/mol. The van der Waals surface area contributed by atoms with Gasteiger partial charge in [0.2, 0.25) is 5.91 Å². The SMILES string of the molecule is CCOC(=O)C(CC1=CCCC=C1)NC(=O)CC(C)c1ccc(O)cc1O. The van der Waals surface area contributed by atoms with Gasteiger partial charge >= 0.3 is 5.97 Å². The Balaban J connectivity index is 2.02. The van der Waals surface area contributed by atoms with E-state index >= 15 is 0 Å². The number of benzene rings is 1. The molecule has 0 bridgehead atoms. The van der Waals surface area contributed by atoms with Gasteiger partial charge in [-0.15, -0.1) is 0 Å². The maximum Gasteiger partial charge on any atom is 0.328 e. The van der Waals surface area contributed by atoms with E-state index < -0.39 is 12.0 Å². The first-order valence-electron chi connectivity index (χ1n) is 9.24. The third-order valence-corrected chi connectivity index (χ3v) is 4.45. The summed E-state index contributed by atoms with van der Waals surface area (Å²) in [6.45, 7) is 3.78. The van der Waals surface area contributed by atoms with Crippen molar-refractivity contribution in [1.82, 2.24) is 5.32 Å². The highest BCUT2D eigenvalue weighted by Crippen LogP contribution is 2.30. The summed E-state index contributed by atoms with van der Waals surface area (Å²) >= 11 is 0. The van der Waals surface area contributed by atoms with Gasteiger partial charge in [0.1, 0.15) is 17.5 Å². The van der Waals surface area contributed by atoms with Crippen LogP contribution in [0.5, 0.6) is 11.5 Å². The highest BCUT2D eigenvalue weighted by molar-refractivity contribution is 5.85. The molecule has 0 saturated heterocycles. The second-order valence-corrected chi connectivity index (χ2v) is 6.68. The molecule has 0 aromatic heterocycles. The smallest absolute Gasteiger partial charge is 0.328 e. The molecule has 0 radical (unpaired) electrons. The van der Waals surface area contributed by atoms with Crippen molar-refractivity contribution in [1.29, 1.82) is 0 Å². The minimum Gasteiger partial charge on any atom is -0.508 e. The van der Waals surface area contributed by atoms with Gasteiger partial charge in [-0.25, -0.2) is 4.79 Å². The van der Waals surface area contributed by atoms with Gasteiger partial charge in [0, 0.05) is 18.9 Å². The molecule has 6 nitrogen and oxygen atoms in total. The number of rotatable bonds is 8. The van der Waals surface area contributed by atoms with Gasteiger partial charge in [-0.2, -0.15) is 0 Å². The Labute approximate surface area is 159 Å². The average Bonchev–Trinajstić information content (AvgIpc) is 2.62. The zero-order valence-electron chi connectivity index (χ0n) is 15.8. The first-order chi connectivity index (χ1) is 12.9. The van der Waals surface area contributed by atoms with Crippen LogP contribution in [0.4, 0.5) is 0 Å². The molecule has 1 aliphatic rings. The molecule has 0 fully saturated rings. The normalized spacial score (nSPS) is 15.6. The molecule has 0 aliphatic heterocycles. The number of phenolic OH excluding ortho intramolecular Hbond substituents is 2. The molecule has 146 valence electrons. The van der Waals surface area contributed by atoms with Gasteiger partial charge in [0.05, 0.1) is 6.61 Å². The monoisotopic (exact) mass is 373 g/mol. The van der Waals surface area contributed by atoms with E-state index in [1.807, 2.05) is 6.08 Å². The Bertz CT molecular complexity index is 738. The first kappa shape index (κ1) is 20.6. The van der Waals surface area contributed by atoms with Crippen LogP contribution in [0.1, 0.15) is 51.0 Å². The van der Waals surface area contributed by atoms with E-state index in [1.54, 1.807) is 19.9 Å². The number of amides is 1. The lowest BCUT2D eigenvalue weighted by atomic mass is 9.95. The van der Waals surface area contributed by atoms with Crippen molar-refractivity contribution in [2.24, 2.45) is 0 Å². The summed E-state index contributed by atoms with van der Waals surface area (Å²) in [5, 5.41) is 22.1. The van der Waals surface area contributed by atoms with E-state index in [9.17, 15) is 19.8 Å². The summed E-state index contributed by atoms with van der Waals surface area (Å²) in [5.74, 6) is -1.12. The standard InChI is InChI=1S/C21H27NO5/c1-3-27-21(26)18(12-15-7-5-4-6-8-15)22-20(25)11-14(2)17-10-9-16(23)13-19(17)24/h5,7-10,13-14,18,23-24H,3-4,6,11-12H2,1-2H3,(H,22,25). The van der Waals surface area contributed by atoms with Crippen LogP contribution in [0.3, 0.4) is 0 Å². The molecule has 2 unspecified atom stereocenters. The van der Waals surface area contributed by atoms with E-state index in [-0.39, 0.29) is 36.4 Å². The fourth-order valence-electron chi connectivity index (χ4n) is 3.08. The van der Waals surface area contributed by atoms with Gasteiger partial charge < -0.3 is 20.3 Å². The molecule has 0 heterocycles. The molecule has 2 rings (SSSR count). The molecule has 1 amide bonds. The number of allylic oxidation sites excluding steroid dienone is 3. The molecular weight excluding hydrogens is 346 g/mol. The maximum absolute atomic E-state index is 12.5. The number of carbonyl (C=O) groups excluding carboxylic acids is 2. The van der Waals surface area contributed by atoms with E-state index in [0.717, 1.165) is 18.4 Å². The van der Waals surface area contributed by atoms with Crippen LogP contribution < -0.4 is 5.32 Å². The van der Waals surface area contributed by atoms with Crippen molar-refractivity contribution in [3.05, 3.63) is 47.6 Å². The zero-order valence-corrected chi connectivity index (χ0v) is 15.8. The molecule has 1 aromatic rings. The minimum absolute atomic E-state index is 0.0379. The Kier molecular flexibility index (Phi) is 7.46. The molecule has 0 saturated carbocycles. The number of carbonyl (C=O) groups is 2. The van der Waals surface area contributed by atoms with Crippen LogP contribution in [0.15, 0.2) is 42.0 Å². The van der Waals surface area contributed by atoms with Gasteiger partial charge in [0.25, 0.3) is 0 Å². The first-order valence-corrected chi connectivity index (χ1v) is 9.24. The number of hydrogen-bond acceptors (Lipinski definition) is 5. The number of nitrogens with one attached hydrogen (secondary N) is 1. The number of ether oxygens (including phenoxy) is 1. The van der Waals surface area contributed by atoms with E-state index in [4.69, 9.17) is 4.74 Å². The second-order valence-electron chi connectivity index (χ2n) is 6.68. The fraction of sp³-hybridized carbons (Fsp3) is 0.429. The minimum atomic E-state index is -0.743. The van der Waals surface area contributed by atoms with Crippen molar-refractivity contribution < 1.29 is 24.5 Å². The lowest BCUT2D eigenvalue weighted by molar-refractivity contribution is -0.147. The molecule has 1 aliphatic carbocycles. The third kappa shape index (κ3) is 6.16. The summed E-state index contributed by atoms with van der Waals surface area (Å²) in [4.78, 5) is 24.7. The highest BCUT2D eigenvalue weighted by atomic mass is 16.5. The number of esters is 1. The number of hydrogen-bond donors (Lipinski definition) is 3. The van der Waals surface area contributed by atoms with Crippen molar-refractivity contribution in [3.8, 4) is 11.5 Å². The van der Waals surface area contributed by atoms with Crippen LogP contribution in [-0.2, 0) is 14.3 Å². The van der Waals surface area contributed by atoms with Gasteiger partial charge in [0.15, 0.2) is 0 Å². The largest absolute Gasteiger partial charge is 0.508 e. The van der Waals surface area contributed by atoms with Crippen molar-refractivity contribution >= 4 is 11.9 Å². The average molecular weight is 373 g/mol. The molecule has 3 N–H and O–H groups in total. The Hall–Kier alpha value is -2.76. The van der Waals surface area contributed by atoms with Crippen LogP contribution in [-0.4, -0.2) is 34.7 Å². The predicted octanol–water partition coefficient (Wildman–Crippen LogP) is 3.31. The lowest BCUT2D eigenvalue weighted by Gasteiger charge is -2.20. The molecule has 2 atom stereocenters. The number of aromatic hydroxyl groups is 2. The molecular formula is C21H27NO5. The van der Waals surface area contributed by atoms with Crippen LogP contribution in [0.25, 0.3) is 0 Å². The van der Waals surface area contributed by atoms with Crippen molar-refractivity contribution in [2.45, 2.75) is 51.5 Å². The second kappa shape index (κ2) is 9.80. The molecule has 1 aromatic carbocycles. The molecule has 27 heavy (non-hydrogen) atoms. The van der Waals surface area contributed by atoms with Gasteiger partial charge in [-0.1, -0.05) is 31.2 Å². The van der Waals surface area contributed by atoms with Gasteiger partial charge in [-0.05, 0) is 42.9 Å². The Morgan fingerprint density at radius 3 is 2.67 bits per heavy atom. The summed E-state index contributed by atoms with van der Waals surface area (Å²) in [6.07, 6.45) is 8.48. The number of phenols is 2. The summed E-state index contributed by atoms with van der Waals surface area (Å²) in [6, 6.07) is 3.55. The molecule has 0 spiro atoms.